The lowest BCUT2D eigenvalue weighted by atomic mass is 10.0. The van der Waals surface area contributed by atoms with E-state index in [2.05, 4.69) is 5.32 Å². The quantitative estimate of drug-likeness (QED) is 0.290. The third-order valence-corrected chi connectivity index (χ3v) is 7.90. The van der Waals surface area contributed by atoms with E-state index in [0.717, 1.165) is 38.0 Å². The minimum absolute atomic E-state index is 0.155. The molecule has 0 aliphatic heterocycles. The predicted octanol–water partition coefficient (Wildman–Crippen LogP) is 4.69. The Morgan fingerprint density at radius 3 is 2.20 bits per heavy atom. The van der Waals surface area contributed by atoms with Crippen LogP contribution in [0.4, 0.5) is 5.69 Å². The topological polar surface area (TPSA) is 86.8 Å². The summed E-state index contributed by atoms with van der Waals surface area (Å²) in [7, 11) is -3.85. The van der Waals surface area contributed by atoms with Crippen molar-refractivity contribution in [3.05, 3.63) is 114 Å². The van der Waals surface area contributed by atoms with E-state index in [0.29, 0.717) is 12.2 Å². The zero-order valence-corrected chi connectivity index (χ0v) is 23.9. The molecule has 4 aromatic carbocycles. The van der Waals surface area contributed by atoms with E-state index in [9.17, 15) is 18.0 Å². The molecule has 0 heterocycles. The third-order valence-electron chi connectivity index (χ3n) is 6.77. The first-order valence-electron chi connectivity index (χ1n) is 13.3. The number of hydrogen-bond acceptors (Lipinski definition) is 4. The second-order valence-corrected chi connectivity index (χ2v) is 11.8. The van der Waals surface area contributed by atoms with Crippen LogP contribution in [0.15, 0.2) is 97.1 Å². The molecule has 208 valence electrons. The highest BCUT2D eigenvalue weighted by molar-refractivity contribution is 7.92. The Hall–Kier alpha value is -4.17. The summed E-state index contributed by atoms with van der Waals surface area (Å²) in [5, 5.41) is 4.46. The van der Waals surface area contributed by atoms with Gasteiger partial charge in [-0.25, -0.2) is 8.42 Å². The molecule has 8 heteroatoms. The van der Waals surface area contributed by atoms with Crippen LogP contribution in [0.1, 0.15) is 23.6 Å². The molecule has 0 aliphatic carbocycles. The number of rotatable bonds is 11. The molecule has 0 bridgehead atoms. The van der Waals surface area contributed by atoms with Crippen molar-refractivity contribution in [2.24, 2.45) is 0 Å². The number of benzene rings is 4. The summed E-state index contributed by atoms with van der Waals surface area (Å²) < 4.78 is 27.4. The van der Waals surface area contributed by atoms with Crippen molar-refractivity contribution in [1.29, 1.82) is 0 Å². The molecule has 0 aromatic heterocycles. The second-order valence-electron chi connectivity index (χ2n) is 9.88. The highest BCUT2D eigenvalue weighted by atomic mass is 32.2. The van der Waals surface area contributed by atoms with Crippen LogP contribution >= 0.6 is 0 Å². The molecule has 1 N–H and O–H groups in total. The standard InChI is InChI=1S/C32H35N3O4S/c1-4-33-32(37)30(21-25-13-6-5-7-14-25)34(22-26-15-10-12-24(2)20-26)31(36)23-35(40(3,38)39)29-19-11-17-27-16-8-9-18-28(27)29/h5-20,30H,4,21-23H2,1-3H3,(H,33,37)/t30-/m0/s1. The molecule has 0 aliphatic rings. The van der Waals surface area contributed by atoms with Crippen LogP contribution in [0.5, 0.6) is 0 Å². The van der Waals surface area contributed by atoms with Gasteiger partial charge in [-0.3, -0.25) is 13.9 Å². The van der Waals surface area contributed by atoms with E-state index < -0.39 is 28.5 Å². The Morgan fingerprint density at radius 1 is 0.850 bits per heavy atom. The number of likely N-dealkylation sites (N-methyl/N-ethyl adjacent to an activating group) is 1. The average Bonchev–Trinajstić information content (AvgIpc) is 2.93. The van der Waals surface area contributed by atoms with E-state index >= 15 is 0 Å². The molecule has 0 fully saturated rings. The van der Waals surface area contributed by atoms with Crippen molar-refractivity contribution in [2.75, 3.05) is 23.7 Å². The van der Waals surface area contributed by atoms with Gasteiger partial charge in [-0.1, -0.05) is 96.6 Å². The number of hydrogen-bond donors (Lipinski definition) is 1. The highest BCUT2D eigenvalue weighted by Crippen LogP contribution is 2.29. The zero-order valence-electron chi connectivity index (χ0n) is 23.1. The number of aryl methyl sites for hydroxylation is 1. The Labute approximate surface area is 236 Å². The average molecular weight is 558 g/mol. The maximum absolute atomic E-state index is 14.2. The van der Waals surface area contributed by atoms with Crippen LogP contribution < -0.4 is 9.62 Å². The number of nitrogens with one attached hydrogen (secondary N) is 1. The fourth-order valence-corrected chi connectivity index (χ4v) is 5.74. The van der Waals surface area contributed by atoms with Gasteiger partial charge in [-0.15, -0.1) is 0 Å². The number of nitrogens with zero attached hydrogens (tertiary/aromatic N) is 2. The summed E-state index contributed by atoms with van der Waals surface area (Å²) in [5.74, 6) is -0.754. The normalized spacial score (nSPS) is 12.1. The molecule has 4 aromatic rings. The first kappa shape index (κ1) is 28.8. The van der Waals surface area contributed by atoms with Gasteiger partial charge in [0.15, 0.2) is 0 Å². The van der Waals surface area contributed by atoms with Gasteiger partial charge in [0.05, 0.1) is 11.9 Å². The van der Waals surface area contributed by atoms with E-state index in [1.807, 2.05) is 98.8 Å². The van der Waals surface area contributed by atoms with Crippen LogP contribution in [0.3, 0.4) is 0 Å². The molecule has 0 spiro atoms. The van der Waals surface area contributed by atoms with Gasteiger partial charge in [0.1, 0.15) is 12.6 Å². The van der Waals surface area contributed by atoms with Crippen molar-refractivity contribution in [2.45, 2.75) is 32.9 Å². The molecular formula is C32H35N3O4S. The number of fused-ring (bicyclic) bond motifs is 1. The monoisotopic (exact) mass is 557 g/mol. The third kappa shape index (κ3) is 7.07. The van der Waals surface area contributed by atoms with Crippen molar-refractivity contribution >= 4 is 38.3 Å². The number of carbonyl (C=O) groups is 2. The summed E-state index contributed by atoms with van der Waals surface area (Å²) in [6.07, 6.45) is 1.38. The molecule has 40 heavy (non-hydrogen) atoms. The van der Waals surface area contributed by atoms with Crippen LogP contribution in [-0.2, 0) is 32.6 Å². The predicted molar refractivity (Wildman–Crippen MR) is 160 cm³/mol. The summed E-state index contributed by atoms with van der Waals surface area (Å²) >= 11 is 0. The van der Waals surface area contributed by atoms with Crippen LogP contribution in [0.25, 0.3) is 10.8 Å². The second kappa shape index (κ2) is 12.8. The van der Waals surface area contributed by atoms with Crippen LogP contribution in [0.2, 0.25) is 0 Å². The minimum atomic E-state index is -3.85. The Balaban J connectivity index is 1.77. The van der Waals surface area contributed by atoms with Crippen LogP contribution in [-0.4, -0.2) is 50.5 Å². The molecule has 0 saturated carbocycles. The lowest BCUT2D eigenvalue weighted by Crippen LogP contribution is -2.53. The first-order valence-corrected chi connectivity index (χ1v) is 15.1. The molecule has 0 saturated heterocycles. The van der Waals surface area contributed by atoms with Gasteiger partial charge in [0, 0.05) is 24.9 Å². The van der Waals surface area contributed by atoms with Crippen molar-refractivity contribution < 1.29 is 18.0 Å². The Morgan fingerprint density at radius 2 is 1.50 bits per heavy atom. The Kier molecular flexibility index (Phi) is 9.22. The van der Waals surface area contributed by atoms with Gasteiger partial charge in [-0.05, 0) is 36.4 Å². The summed E-state index contributed by atoms with van der Waals surface area (Å²) in [6.45, 7) is 3.91. The van der Waals surface area contributed by atoms with Crippen molar-refractivity contribution in [3.63, 3.8) is 0 Å². The van der Waals surface area contributed by atoms with Gasteiger partial charge in [0.25, 0.3) is 0 Å². The molecule has 2 amide bonds. The maximum atomic E-state index is 14.2. The summed E-state index contributed by atoms with van der Waals surface area (Å²) in [6, 6.07) is 29.2. The fraction of sp³-hybridized carbons (Fsp3) is 0.250. The van der Waals surface area contributed by atoms with Gasteiger partial charge < -0.3 is 10.2 Å². The number of amides is 2. The minimum Gasteiger partial charge on any atom is -0.355 e. The van der Waals surface area contributed by atoms with Gasteiger partial charge >= 0.3 is 0 Å². The zero-order chi connectivity index (χ0) is 28.7. The smallest absolute Gasteiger partial charge is 0.244 e. The Bertz CT molecular complexity index is 1580. The maximum Gasteiger partial charge on any atom is 0.244 e. The first-order chi connectivity index (χ1) is 19.2. The number of carbonyl (C=O) groups excluding carboxylic acids is 2. The fourth-order valence-electron chi connectivity index (χ4n) is 4.87. The van der Waals surface area contributed by atoms with E-state index in [1.165, 1.54) is 4.90 Å². The number of sulfonamides is 1. The largest absolute Gasteiger partial charge is 0.355 e. The molecular weight excluding hydrogens is 522 g/mol. The van der Waals surface area contributed by atoms with E-state index in [1.54, 1.807) is 12.1 Å². The summed E-state index contributed by atoms with van der Waals surface area (Å²) in [4.78, 5) is 29.1. The van der Waals surface area contributed by atoms with Crippen LogP contribution in [0, 0.1) is 6.92 Å². The molecule has 0 radical (unpaired) electrons. The lowest BCUT2D eigenvalue weighted by Gasteiger charge is -2.33. The number of anilines is 1. The van der Waals surface area contributed by atoms with Crippen molar-refractivity contribution in [1.82, 2.24) is 10.2 Å². The van der Waals surface area contributed by atoms with E-state index in [-0.39, 0.29) is 18.9 Å². The van der Waals surface area contributed by atoms with E-state index in [4.69, 9.17) is 0 Å². The molecule has 4 rings (SSSR count). The SMILES string of the molecule is CCNC(=O)[C@H](Cc1ccccc1)N(Cc1cccc(C)c1)C(=O)CN(c1cccc2ccccc12)S(C)(=O)=O. The highest BCUT2D eigenvalue weighted by Gasteiger charge is 2.33. The van der Waals surface area contributed by atoms with Crippen molar-refractivity contribution in [3.8, 4) is 0 Å². The lowest BCUT2D eigenvalue weighted by molar-refractivity contribution is -0.140. The van der Waals surface area contributed by atoms with Gasteiger partial charge in [0.2, 0.25) is 21.8 Å². The molecule has 7 nitrogen and oxygen atoms in total. The molecule has 1 atom stereocenters. The summed E-state index contributed by atoms with van der Waals surface area (Å²) in [5.41, 5.74) is 3.19. The van der Waals surface area contributed by atoms with Gasteiger partial charge in [-0.2, -0.15) is 0 Å². The molecule has 0 unspecified atom stereocenters.